The van der Waals surface area contributed by atoms with Crippen LogP contribution >= 0.6 is 0 Å². The number of fused-ring (bicyclic) bond motifs is 3. The first kappa shape index (κ1) is 21.6. The molecule has 4 atom stereocenters. The van der Waals surface area contributed by atoms with Crippen molar-refractivity contribution in [2.75, 3.05) is 49.3 Å². The standard InChI is InChI=1S/C25H33N7O3/c1-17-16-33-11-9-30(17)21-12-23(29-14-18-5-6-19(15-29)35-18)28-32-22(13-26-25(21)32)20-7-8-31(27-20)24-4-2-3-10-34-24/h7-8,12-13,17-19,24H,2-6,9-11,14-16H2,1H3/t17-,18?,19?,24?/m1/s1. The van der Waals surface area contributed by atoms with E-state index in [2.05, 4.69) is 22.8 Å². The summed E-state index contributed by atoms with van der Waals surface area (Å²) in [6, 6.07) is 4.53. The summed E-state index contributed by atoms with van der Waals surface area (Å²) in [6.45, 7) is 7.03. The lowest BCUT2D eigenvalue weighted by molar-refractivity contribution is -0.0393. The molecule has 0 N–H and O–H groups in total. The second-order valence-corrected chi connectivity index (χ2v) is 10.2. The lowest BCUT2D eigenvalue weighted by Crippen LogP contribution is -2.45. The van der Waals surface area contributed by atoms with Gasteiger partial charge < -0.3 is 24.0 Å². The van der Waals surface area contributed by atoms with E-state index in [0.717, 1.165) is 87.1 Å². The molecule has 3 unspecified atom stereocenters. The molecular weight excluding hydrogens is 446 g/mol. The highest BCUT2D eigenvalue weighted by Gasteiger charge is 2.35. The van der Waals surface area contributed by atoms with Gasteiger partial charge in [-0.3, -0.25) is 0 Å². The molecule has 4 aliphatic rings. The Bertz CT molecular complexity index is 1190. The molecule has 10 nitrogen and oxygen atoms in total. The third-order valence-corrected chi connectivity index (χ3v) is 7.80. The topological polar surface area (TPSA) is 82.2 Å². The minimum atomic E-state index is 0.00814. The summed E-state index contributed by atoms with van der Waals surface area (Å²) >= 11 is 0. The number of rotatable bonds is 4. The molecule has 0 aliphatic carbocycles. The first-order valence-corrected chi connectivity index (χ1v) is 13.0. The van der Waals surface area contributed by atoms with Crippen LogP contribution in [0.1, 0.15) is 45.3 Å². The fourth-order valence-corrected chi connectivity index (χ4v) is 5.93. The Morgan fingerprint density at radius 2 is 1.91 bits per heavy atom. The van der Waals surface area contributed by atoms with Gasteiger partial charge in [0.2, 0.25) is 0 Å². The summed E-state index contributed by atoms with van der Waals surface area (Å²) < 4.78 is 21.7. The van der Waals surface area contributed by atoms with Gasteiger partial charge in [-0.05, 0) is 45.1 Å². The predicted octanol–water partition coefficient (Wildman–Crippen LogP) is 2.88. The second kappa shape index (κ2) is 8.76. The van der Waals surface area contributed by atoms with Crippen LogP contribution in [-0.4, -0.2) is 82.1 Å². The van der Waals surface area contributed by atoms with Gasteiger partial charge in [-0.2, -0.15) is 5.10 Å². The molecule has 3 aromatic rings. The molecular formula is C25H33N7O3. The van der Waals surface area contributed by atoms with Gasteiger partial charge in [-0.25, -0.2) is 14.2 Å². The van der Waals surface area contributed by atoms with Crippen molar-refractivity contribution in [3.8, 4) is 11.4 Å². The average molecular weight is 480 g/mol. The van der Waals surface area contributed by atoms with E-state index in [1.807, 2.05) is 27.7 Å². The van der Waals surface area contributed by atoms with Crippen LogP contribution < -0.4 is 9.80 Å². The van der Waals surface area contributed by atoms with E-state index in [1.165, 1.54) is 6.42 Å². The molecule has 186 valence electrons. The van der Waals surface area contributed by atoms with Crippen LogP contribution in [0.4, 0.5) is 11.5 Å². The molecule has 0 spiro atoms. The molecule has 2 bridgehead atoms. The van der Waals surface area contributed by atoms with Crippen LogP contribution in [0.2, 0.25) is 0 Å². The highest BCUT2D eigenvalue weighted by molar-refractivity contribution is 5.76. The molecule has 0 radical (unpaired) electrons. The van der Waals surface area contributed by atoms with Gasteiger partial charge in [0.05, 0.1) is 37.3 Å². The average Bonchev–Trinajstić information content (AvgIpc) is 3.62. The van der Waals surface area contributed by atoms with Gasteiger partial charge in [-0.15, -0.1) is 5.10 Å². The molecule has 7 heterocycles. The number of anilines is 2. The third-order valence-electron chi connectivity index (χ3n) is 7.80. The van der Waals surface area contributed by atoms with Crippen molar-refractivity contribution in [2.45, 2.75) is 63.5 Å². The van der Waals surface area contributed by atoms with Gasteiger partial charge in [0.15, 0.2) is 11.5 Å². The van der Waals surface area contributed by atoms with E-state index in [1.54, 1.807) is 0 Å². The highest BCUT2D eigenvalue weighted by Crippen LogP contribution is 2.34. The van der Waals surface area contributed by atoms with Crippen molar-refractivity contribution in [1.29, 1.82) is 0 Å². The van der Waals surface area contributed by atoms with Crippen molar-refractivity contribution in [2.24, 2.45) is 0 Å². The number of morpholine rings is 2. The number of hydrogen-bond donors (Lipinski definition) is 0. The molecule has 7 rings (SSSR count). The quantitative estimate of drug-likeness (QED) is 0.565. The summed E-state index contributed by atoms with van der Waals surface area (Å²) in [4.78, 5) is 9.64. The van der Waals surface area contributed by atoms with Crippen LogP contribution in [0.25, 0.3) is 17.0 Å². The molecule has 4 fully saturated rings. The summed E-state index contributed by atoms with van der Waals surface area (Å²) in [5, 5.41) is 10.0. The van der Waals surface area contributed by atoms with Gasteiger partial charge in [-0.1, -0.05) is 0 Å². The van der Waals surface area contributed by atoms with E-state index < -0.39 is 0 Å². The largest absolute Gasteiger partial charge is 0.377 e. The molecule has 0 aromatic carbocycles. The smallest absolute Gasteiger partial charge is 0.178 e. The van der Waals surface area contributed by atoms with Gasteiger partial charge in [0, 0.05) is 44.5 Å². The van der Waals surface area contributed by atoms with Gasteiger partial charge >= 0.3 is 0 Å². The summed E-state index contributed by atoms with van der Waals surface area (Å²) in [5.41, 5.74) is 3.72. The summed E-state index contributed by atoms with van der Waals surface area (Å²) in [5.74, 6) is 0.973. The Morgan fingerprint density at radius 3 is 2.71 bits per heavy atom. The second-order valence-electron chi connectivity index (χ2n) is 10.2. The minimum Gasteiger partial charge on any atom is -0.377 e. The maximum Gasteiger partial charge on any atom is 0.178 e. The molecule has 3 aromatic heterocycles. The van der Waals surface area contributed by atoms with Crippen molar-refractivity contribution in [3.05, 3.63) is 24.5 Å². The number of ether oxygens (including phenoxy) is 3. The summed E-state index contributed by atoms with van der Waals surface area (Å²) in [6.07, 6.45) is 10.1. The third kappa shape index (κ3) is 3.88. The van der Waals surface area contributed by atoms with Gasteiger partial charge in [0.25, 0.3) is 0 Å². The van der Waals surface area contributed by atoms with Crippen LogP contribution in [0, 0.1) is 0 Å². The van der Waals surface area contributed by atoms with Crippen molar-refractivity contribution in [1.82, 2.24) is 24.4 Å². The van der Waals surface area contributed by atoms with Crippen LogP contribution in [0.3, 0.4) is 0 Å². The SMILES string of the molecule is C[C@@H]1COCCN1c1cc(N2CC3CCC(C2)O3)nn2c(-c3ccn(C4CCCCO4)n3)cnc12. The van der Waals surface area contributed by atoms with E-state index >= 15 is 0 Å². The zero-order valence-electron chi connectivity index (χ0n) is 20.3. The van der Waals surface area contributed by atoms with Crippen LogP contribution in [0.5, 0.6) is 0 Å². The molecule has 35 heavy (non-hydrogen) atoms. The number of aromatic nitrogens is 5. The lowest BCUT2D eigenvalue weighted by Gasteiger charge is -2.37. The first-order chi connectivity index (χ1) is 17.2. The molecule has 10 heteroatoms. The molecule has 4 aliphatic heterocycles. The normalized spacial score (nSPS) is 29.3. The Kier molecular flexibility index (Phi) is 5.40. The van der Waals surface area contributed by atoms with E-state index in [9.17, 15) is 0 Å². The Morgan fingerprint density at radius 1 is 1.03 bits per heavy atom. The van der Waals surface area contributed by atoms with Crippen LogP contribution in [0.15, 0.2) is 24.5 Å². The molecule has 4 saturated heterocycles. The number of hydrogen-bond acceptors (Lipinski definition) is 8. The van der Waals surface area contributed by atoms with Crippen LogP contribution in [-0.2, 0) is 14.2 Å². The fourth-order valence-electron chi connectivity index (χ4n) is 5.93. The Hall–Kier alpha value is -2.69. The van der Waals surface area contributed by atoms with Crippen molar-refractivity contribution < 1.29 is 14.2 Å². The molecule has 0 saturated carbocycles. The Balaban J connectivity index is 1.31. The zero-order valence-corrected chi connectivity index (χ0v) is 20.3. The summed E-state index contributed by atoms with van der Waals surface area (Å²) in [7, 11) is 0. The lowest BCUT2D eigenvalue weighted by atomic mass is 10.2. The first-order valence-electron chi connectivity index (χ1n) is 13.0. The van der Waals surface area contributed by atoms with E-state index in [-0.39, 0.29) is 12.3 Å². The van der Waals surface area contributed by atoms with Crippen molar-refractivity contribution in [3.63, 3.8) is 0 Å². The zero-order chi connectivity index (χ0) is 23.4. The number of imidazole rings is 1. The van der Waals surface area contributed by atoms with E-state index in [4.69, 9.17) is 29.4 Å². The Labute approximate surface area is 204 Å². The van der Waals surface area contributed by atoms with Gasteiger partial charge in [0.1, 0.15) is 17.6 Å². The molecule has 0 amide bonds. The predicted molar refractivity (Wildman–Crippen MR) is 131 cm³/mol. The maximum absolute atomic E-state index is 6.10. The maximum atomic E-state index is 6.10. The monoisotopic (exact) mass is 479 g/mol. The van der Waals surface area contributed by atoms with Crippen molar-refractivity contribution >= 4 is 17.2 Å². The highest BCUT2D eigenvalue weighted by atomic mass is 16.5. The number of nitrogens with zero attached hydrogens (tertiary/aromatic N) is 7. The fraction of sp³-hybridized carbons (Fsp3) is 0.640. The van der Waals surface area contributed by atoms with E-state index in [0.29, 0.717) is 18.8 Å². The minimum absolute atomic E-state index is 0.00814.